The molecule has 0 amide bonds. The van der Waals surface area contributed by atoms with E-state index in [-0.39, 0.29) is 5.60 Å². The van der Waals surface area contributed by atoms with Gasteiger partial charge in [-0.05, 0) is 57.9 Å². The molecule has 0 radical (unpaired) electrons. The number of nitrogens with one attached hydrogen (secondary N) is 1. The first-order chi connectivity index (χ1) is 10.2. The van der Waals surface area contributed by atoms with Crippen molar-refractivity contribution in [2.75, 3.05) is 13.2 Å². The molecule has 1 aromatic heterocycles. The summed E-state index contributed by atoms with van der Waals surface area (Å²) in [5, 5.41) is 7.73. The maximum Gasteiger partial charge on any atom is 0.228 e. The fourth-order valence-electron chi connectivity index (χ4n) is 3.60. The van der Waals surface area contributed by atoms with Crippen molar-refractivity contribution in [3.63, 3.8) is 0 Å². The Morgan fingerprint density at radius 1 is 1.33 bits per heavy atom. The second kappa shape index (κ2) is 6.44. The third-order valence-corrected chi connectivity index (χ3v) is 4.96. The quantitative estimate of drug-likeness (QED) is 0.904. The summed E-state index contributed by atoms with van der Waals surface area (Å²) in [4.78, 5) is 4.67. The lowest BCUT2D eigenvalue weighted by atomic mass is 9.79. The molecule has 1 aliphatic carbocycles. The molecule has 0 spiro atoms. The van der Waals surface area contributed by atoms with Gasteiger partial charge in [0, 0.05) is 19.1 Å². The van der Waals surface area contributed by atoms with Gasteiger partial charge in [0.25, 0.3) is 0 Å². The van der Waals surface area contributed by atoms with Crippen molar-refractivity contribution in [1.82, 2.24) is 15.5 Å². The lowest BCUT2D eigenvalue weighted by Crippen LogP contribution is -2.35. The highest BCUT2D eigenvalue weighted by Gasteiger charge is 2.41. The monoisotopic (exact) mass is 293 g/mol. The van der Waals surface area contributed by atoms with Crippen molar-refractivity contribution in [3.8, 4) is 0 Å². The summed E-state index contributed by atoms with van der Waals surface area (Å²) in [7, 11) is 0. The van der Waals surface area contributed by atoms with Crippen molar-refractivity contribution in [2.24, 2.45) is 5.92 Å². The van der Waals surface area contributed by atoms with E-state index in [2.05, 4.69) is 22.4 Å². The van der Waals surface area contributed by atoms with E-state index in [0.717, 1.165) is 43.4 Å². The highest BCUT2D eigenvalue weighted by Crippen LogP contribution is 2.41. The molecule has 1 atom stereocenters. The van der Waals surface area contributed by atoms with Crippen LogP contribution < -0.4 is 5.32 Å². The van der Waals surface area contributed by atoms with E-state index >= 15 is 0 Å². The van der Waals surface area contributed by atoms with Crippen molar-refractivity contribution in [3.05, 3.63) is 11.7 Å². The number of hydrogen-bond acceptors (Lipinski definition) is 5. The SMILES string of the molecule is CCOC1(c2noc(CC3CCCN3)n2)CCC(C)CC1. The maximum absolute atomic E-state index is 6.09. The molecule has 0 aromatic carbocycles. The fraction of sp³-hybridized carbons (Fsp3) is 0.875. The molecule has 1 saturated heterocycles. The minimum atomic E-state index is -0.313. The highest BCUT2D eigenvalue weighted by atomic mass is 16.5. The van der Waals surface area contributed by atoms with Crippen LogP contribution in [-0.2, 0) is 16.8 Å². The predicted octanol–water partition coefficient (Wildman–Crippen LogP) is 2.81. The predicted molar refractivity (Wildman–Crippen MR) is 80.0 cm³/mol. The lowest BCUT2D eigenvalue weighted by molar-refractivity contribution is -0.0847. The van der Waals surface area contributed by atoms with Gasteiger partial charge < -0.3 is 14.6 Å². The van der Waals surface area contributed by atoms with E-state index in [1.807, 2.05) is 6.92 Å². The van der Waals surface area contributed by atoms with Gasteiger partial charge in [0.1, 0.15) is 5.60 Å². The molecule has 3 rings (SSSR count). The maximum atomic E-state index is 6.09. The summed E-state index contributed by atoms with van der Waals surface area (Å²) < 4.78 is 11.6. The van der Waals surface area contributed by atoms with Gasteiger partial charge in [-0.15, -0.1) is 0 Å². The lowest BCUT2D eigenvalue weighted by Gasteiger charge is -2.36. The summed E-state index contributed by atoms with van der Waals surface area (Å²) in [5.74, 6) is 2.29. The largest absolute Gasteiger partial charge is 0.367 e. The fourth-order valence-corrected chi connectivity index (χ4v) is 3.60. The van der Waals surface area contributed by atoms with Gasteiger partial charge in [-0.2, -0.15) is 4.98 Å². The normalized spacial score (nSPS) is 33.4. The minimum absolute atomic E-state index is 0.313. The van der Waals surface area contributed by atoms with Gasteiger partial charge in [-0.25, -0.2) is 0 Å². The van der Waals surface area contributed by atoms with Crippen LogP contribution in [0.15, 0.2) is 4.52 Å². The Labute approximate surface area is 126 Å². The molecule has 2 aliphatic rings. The van der Waals surface area contributed by atoms with Crippen LogP contribution in [0.5, 0.6) is 0 Å². The first-order valence-corrected chi connectivity index (χ1v) is 8.42. The number of rotatable bonds is 5. The Morgan fingerprint density at radius 2 is 2.14 bits per heavy atom. The molecule has 1 saturated carbocycles. The van der Waals surface area contributed by atoms with Gasteiger partial charge in [0.05, 0.1) is 0 Å². The standard InChI is InChI=1S/C16H27N3O2/c1-3-20-16(8-6-12(2)7-9-16)15-18-14(21-19-15)11-13-5-4-10-17-13/h12-13,17H,3-11H2,1-2H3. The first kappa shape index (κ1) is 15.0. The molecule has 5 heteroatoms. The van der Waals surface area contributed by atoms with Crippen LogP contribution in [0.2, 0.25) is 0 Å². The zero-order chi connectivity index (χ0) is 14.7. The number of ether oxygens (including phenoxy) is 1. The number of hydrogen-bond donors (Lipinski definition) is 1. The number of nitrogens with zero attached hydrogens (tertiary/aromatic N) is 2. The van der Waals surface area contributed by atoms with Crippen molar-refractivity contribution >= 4 is 0 Å². The first-order valence-electron chi connectivity index (χ1n) is 8.42. The summed E-state index contributed by atoms with van der Waals surface area (Å²) >= 11 is 0. The van der Waals surface area contributed by atoms with Crippen LogP contribution in [0, 0.1) is 5.92 Å². The molecule has 0 bridgehead atoms. The zero-order valence-corrected chi connectivity index (χ0v) is 13.2. The van der Waals surface area contributed by atoms with Crippen molar-refractivity contribution in [1.29, 1.82) is 0 Å². The average Bonchev–Trinajstić information content (AvgIpc) is 3.14. The summed E-state index contributed by atoms with van der Waals surface area (Å²) in [5.41, 5.74) is -0.313. The van der Waals surface area contributed by atoms with Crippen molar-refractivity contribution < 1.29 is 9.26 Å². The Morgan fingerprint density at radius 3 is 2.81 bits per heavy atom. The van der Waals surface area contributed by atoms with Crippen LogP contribution in [0.25, 0.3) is 0 Å². The van der Waals surface area contributed by atoms with Gasteiger partial charge in [0.2, 0.25) is 11.7 Å². The molecular formula is C16H27N3O2. The van der Waals surface area contributed by atoms with E-state index in [0.29, 0.717) is 12.6 Å². The van der Waals surface area contributed by atoms with E-state index < -0.39 is 0 Å². The van der Waals surface area contributed by atoms with Crippen LogP contribution in [0.3, 0.4) is 0 Å². The van der Waals surface area contributed by atoms with Crippen molar-refractivity contribution in [2.45, 2.75) is 70.4 Å². The molecule has 2 heterocycles. The second-order valence-corrected chi connectivity index (χ2v) is 6.62. The molecule has 1 aromatic rings. The van der Waals surface area contributed by atoms with Crippen LogP contribution in [0.4, 0.5) is 0 Å². The molecular weight excluding hydrogens is 266 g/mol. The molecule has 1 aliphatic heterocycles. The Hall–Kier alpha value is -0.940. The number of aromatic nitrogens is 2. The molecule has 1 unspecified atom stereocenters. The summed E-state index contributed by atoms with van der Waals surface area (Å²) in [6.45, 7) is 6.15. The van der Waals surface area contributed by atoms with Gasteiger partial charge >= 0.3 is 0 Å². The minimum Gasteiger partial charge on any atom is -0.367 e. The molecule has 2 fully saturated rings. The molecule has 21 heavy (non-hydrogen) atoms. The molecule has 1 N–H and O–H groups in total. The smallest absolute Gasteiger partial charge is 0.228 e. The zero-order valence-electron chi connectivity index (χ0n) is 13.2. The van der Waals surface area contributed by atoms with Gasteiger partial charge in [0.15, 0.2) is 0 Å². The van der Waals surface area contributed by atoms with E-state index in [9.17, 15) is 0 Å². The second-order valence-electron chi connectivity index (χ2n) is 6.62. The topological polar surface area (TPSA) is 60.2 Å². The molecule has 5 nitrogen and oxygen atoms in total. The average molecular weight is 293 g/mol. The van der Waals surface area contributed by atoms with Gasteiger partial charge in [-0.1, -0.05) is 12.1 Å². The summed E-state index contributed by atoms with van der Waals surface area (Å²) in [6, 6.07) is 0.493. The summed E-state index contributed by atoms with van der Waals surface area (Å²) in [6.07, 6.45) is 7.64. The van der Waals surface area contributed by atoms with E-state index in [4.69, 9.17) is 9.26 Å². The third kappa shape index (κ3) is 3.29. The van der Waals surface area contributed by atoms with E-state index in [1.54, 1.807) is 0 Å². The van der Waals surface area contributed by atoms with E-state index in [1.165, 1.54) is 25.7 Å². The van der Waals surface area contributed by atoms with Gasteiger partial charge in [-0.3, -0.25) is 0 Å². The van der Waals surface area contributed by atoms with Crippen LogP contribution in [0.1, 0.15) is 64.1 Å². The Bertz CT molecular complexity index is 446. The molecule has 118 valence electrons. The third-order valence-electron chi connectivity index (χ3n) is 4.96. The van der Waals surface area contributed by atoms with Crippen LogP contribution >= 0.6 is 0 Å². The highest BCUT2D eigenvalue weighted by molar-refractivity contribution is 5.04. The van der Waals surface area contributed by atoms with Crippen LogP contribution in [-0.4, -0.2) is 29.3 Å². The Kier molecular flexibility index (Phi) is 4.60. The Balaban J connectivity index is 1.72.